The lowest BCUT2D eigenvalue weighted by Crippen LogP contribution is -2.52. The Labute approximate surface area is 154 Å². The van der Waals surface area contributed by atoms with Crippen LogP contribution in [0.1, 0.15) is 23.3 Å². The largest absolute Gasteiger partial charge is 0.368 e. The molecule has 25 heavy (non-hydrogen) atoms. The van der Waals surface area contributed by atoms with E-state index in [0.717, 1.165) is 22.7 Å². The van der Waals surface area contributed by atoms with Crippen LogP contribution in [0.15, 0.2) is 22.9 Å². The molecule has 2 aromatic heterocycles. The molecule has 0 saturated carbocycles. The van der Waals surface area contributed by atoms with Crippen molar-refractivity contribution < 1.29 is 14.3 Å². The normalized spacial score (nSPS) is 20.9. The molecule has 0 aliphatic carbocycles. The standard InChI is InChI=1S/C17H19N3O3S2/c21-16(12-11-25-15(18-12)14-4-2-10-24-14)19-5-7-20(8-6-19)17(22)13-3-1-9-23-13/h2,4,10-11,13H,1,3,5-9H2. The van der Waals surface area contributed by atoms with Gasteiger partial charge in [-0.3, -0.25) is 9.59 Å². The molecule has 0 N–H and O–H groups in total. The smallest absolute Gasteiger partial charge is 0.273 e. The zero-order chi connectivity index (χ0) is 17.2. The molecule has 0 bridgehead atoms. The second-order valence-corrected chi connectivity index (χ2v) is 7.94. The van der Waals surface area contributed by atoms with Crippen LogP contribution in [0.3, 0.4) is 0 Å². The molecule has 1 atom stereocenters. The van der Waals surface area contributed by atoms with Crippen molar-refractivity contribution in [2.45, 2.75) is 18.9 Å². The summed E-state index contributed by atoms with van der Waals surface area (Å²) in [6, 6.07) is 3.99. The first-order valence-corrected chi connectivity index (χ1v) is 10.2. The second-order valence-electron chi connectivity index (χ2n) is 6.13. The lowest BCUT2D eigenvalue weighted by Gasteiger charge is -2.35. The first-order chi connectivity index (χ1) is 12.2. The Hall–Kier alpha value is -1.77. The Morgan fingerprint density at radius 3 is 2.64 bits per heavy atom. The predicted octanol–water partition coefficient (Wildman–Crippen LogP) is 2.33. The summed E-state index contributed by atoms with van der Waals surface area (Å²) >= 11 is 3.11. The summed E-state index contributed by atoms with van der Waals surface area (Å²) in [4.78, 5) is 34.2. The molecule has 0 aromatic carbocycles. The van der Waals surface area contributed by atoms with E-state index in [1.54, 1.807) is 16.2 Å². The molecule has 2 aliphatic heterocycles. The molecule has 4 heterocycles. The van der Waals surface area contributed by atoms with Gasteiger partial charge in [0.25, 0.3) is 11.8 Å². The average Bonchev–Trinajstić information content (AvgIpc) is 3.42. The van der Waals surface area contributed by atoms with Crippen LogP contribution in [0.5, 0.6) is 0 Å². The SMILES string of the molecule is O=C(c1csc(-c2cccs2)n1)N1CCN(C(=O)C2CCCO2)CC1. The van der Waals surface area contributed by atoms with Crippen molar-refractivity contribution in [3.05, 3.63) is 28.6 Å². The molecule has 0 radical (unpaired) electrons. The monoisotopic (exact) mass is 377 g/mol. The van der Waals surface area contributed by atoms with E-state index in [4.69, 9.17) is 4.74 Å². The maximum atomic E-state index is 12.7. The van der Waals surface area contributed by atoms with E-state index in [-0.39, 0.29) is 17.9 Å². The number of rotatable bonds is 3. The summed E-state index contributed by atoms with van der Waals surface area (Å²) < 4.78 is 5.47. The number of thiazole rings is 1. The van der Waals surface area contributed by atoms with Crippen LogP contribution >= 0.6 is 22.7 Å². The summed E-state index contributed by atoms with van der Waals surface area (Å²) in [6.07, 6.45) is 1.47. The summed E-state index contributed by atoms with van der Waals surface area (Å²) in [5, 5.41) is 4.70. The molecule has 2 saturated heterocycles. The molecule has 8 heteroatoms. The van der Waals surface area contributed by atoms with Crippen molar-refractivity contribution >= 4 is 34.5 Å². The minimum Gasteiger partial charge on any atom is -0.368 e. The Morgan fingerprint density at radius 2 is 1.96 bits per heavy atom. The van der Waals surface area contributed by atoms with Gasteiger partial charge in [0.15, 0.2) is 0 Å². The van der Waals surface area contributed by atoms with E-state index >= 15 is 0 Å². The van der Waals surface area contributed by atoms with Crippen molar-refractivity contribution in [3.63, 3.8) is 0 Å². The molecular weight excluding hydrogens is 358 g/mol. The van der Waals surface area contributed by atoms with Gasteiger partial charge >= 0.3 is 0 Å². The summed E-state index contributed by atoms with van der Waals surface area (Å²) in [5.74, 6) is 0.0153. The second kappa shape index (κ2) is 7.23. The molecule has 2 fully saturated rings. The van der Waals surface area contributed by atoms with Gasteiger partial charge in [-0.15, -0.1) is 22.7 Å². The molecule has 2 amide bonds. The van der Waals surface area contributed by atoms with Crippen molar-refractivity contribution in [2.24, 2.45) is 0 Å². The molecule has 1 unspecified atom stereocenters. The topological polar surface area (TPSA) is 62.7 Å². The van der Waals surface area contributed by atoms with Gasteiger partial charge in [-0.2, -0.15) is 0 Å². The van der Waals surface area contributed by atoms with Crippen LogP contribution in [-0.4, -0.2) is 65.5 Å². The molecule has 0 spiro atoms. The van der Waals surface area contributed by atoms with Gasteiger partial charge in [0.1, 0.15) is 16.8 Å². The number of carbonyl (C=O) groups excluding carboxylic acids is 2. The van der Waals surface area contributed by atoms with Gasteiger partial charge in [0.2, 0.25) is 0 Å². The van der Waals surface area contributed by atoms with Crippen molar-refractivity contribution in [3.8, 4) is 9.88 Å². The zero-order valence-corrected chi connectivity index (χ0v) is 15.4. The number of ether oxygens (including phenoxy) is 1. The Bertz CT molecular complexity index is 745. The highest BCUT2D eigenvalue weighted by Crippen LogP contribution is 2.28. The lowest BCUT2D eigenvalue weighted by atomic mass is 10.2. The van der Waals surface area contributed by atoms with Gasteiger partial charge in [0, 0.05) is 38.2 Å². The van der Waals surface area contributed by atoms with E-state index in [0.29, 0.717) is 38.5 Å². The van der Waals surface area contributed by atoms with E-state index in [9.17, 15) is 9.59 Å². The molecule has 6 nitrogen and oxygen atoms in total. The van der Waals surface area contributed by atoms with Gasteiger partial charge in [-0.1, -0.05) is 6.07 Å². The van der Waals surface area contributed by atoms with Crippen molar-refractivity contribution in [1.82, 2.24) is 14.8 Å². The average molecular weight is 377 g/mol. The highest BCUT2D eigenvalue weighted by atomic mass is 32.1. The highest BCUT2D eigenvalue weighted by Gasteiger charge is 2.31. The van der Waals surface area contributed by atoms with E-state index in [2.05, 4.69) is 4.98 Å². The van der Waals surface area contributed by atoms with Gasteiger partial charge in [-0.05, 0) is 24.3 Å². The minimum absolute atomic E-state index is 0.0525. The molecule has 132 valence electrons. The molecular formula is C17H19N3O3S2. The number of amides is 2. The fraction of sp³-hybridized carbons (Fsp3) is 0.471. The minimum atomic E-state index is -0.283. The summed E-state index contributed by atoms with van der Waals surface area (Å²) in [5.41, 5.74) is 0.493. The molecule has 2 aromatic rings. The summed E-state index contributed by atoms with van der Waals surface area (Å²) in [6.45, 7) is 2.89. The van der Waals surface area contributed by atoms with Crippen molar-refractivity contribution in [1.29, 1.82) is 0 Å². The Kier molecular flexibility index (Phi) is 4.82. The van der Waals surface area contributed by atoms with E-state index in [1.807, 2.05) is 27.8 Å². The predicted molar refractivity (Wildman–Crippen MR) is 96.9 cm³/mol. The molecule has 4 rings (SSSR count). The van der Waals surface area contributed by atoms with Crippen molar-refractivity contribution in [2.75, 3.05) is 32.8 Å². The van der Waals surface area contributed by atoms with E-state index < -0.39 is 0 Å². The Balaban J connectivity index is 1.36. The molecule has 2 aliphatic rings. The first kappa shape index (κ1) is 16.7. The number of hydrogen-bond acceptors (Lipinski definition) is 6. The fourth-order valence-electron chi connectivity index (χ4n) is 3.15. The van der Waals surface area contributed by atoms with Crippen LogP contribution in [0.25, 0.3) is 9.88 Å². The fourth-order valence-corrected chi connectivity index (χ4v) is 4.76. The summed E-state index contributed by atoms with van der Waals surface area (Å²) in [7, 11) is 0. The third kappa shape index (κ3) is 3.47. The maximum absolute atomic E-state index is 12.7. The van der Waals surface area contributed by atoms with Crippen LogP contribution in [0, 0.1) is 0 Å². The quantitative estimate of drug-likeness (QED) is 0.824. The van der Waals surface area contributed by atoms with Crippen LogP contribution < -0.4 is 0 Å². The third-order valence-electron chi connectivity index (χ3n) is 4.54. The van der Waals surface area contributed by atoms with Crippen LogP contribution in [-0.2, 0) is 9.53 Å². The Morgan fingerprint density at radius 1 is 1.16 bits per heavy atom. The van der Waals surface area contributed by atoms with Gasteiger partial charge < -0.3 is 14.5 Å². The third-order valence-corrected chi connectivity index (χ3v) is 6.42. The maximum Gasteiger partial charge on any atom is 0.273 e. The number of aromatic nitrogens is 1. The van der Waals surface area contributed by atoms with E-state index in [1.165, 1.54) is 11.3 Å². The number of thiophene rings is 1. The number of hydrogen-bond donors (Lipinski definition) is 0. The van der Waals surface area contributed by atoms with Gasteiger partial charge in [0.05, 0.1) is 4.88 Å². The first-order valence-electron chi connectivity index (χ1n) is 8.41. The number of piperazine rings is 1. The highest BCUT2D eigenvalue weighted by molar-refractivity contribution is 7.20. The number of nitrogens with zero attached hydrogens (tertiary/aromatic N) is 3. The van der Waals surface area contributed by atoms with Crippen LogP contribution in [0.4, 0.5) is 0 Å². The van der Waals surface area contributed by atoms with Gasteiger partial charge in [-0.25, -0.2) is 4.98 Å². The zero-order valence-electron chi connectivity index (χ0n) is 13.7. The lowest BCUT2D eigenvalue weighted by molar-refractivity contribution is -0.142. The number of carbonyl (C=O) groups is 2. The van der Waals surface area contributed by atoms with Crippen LogP contribution in [0.2, 0.25) is 0 Å².